The summed E-state index contributed by atoms with van der Waals surface area (Å²) in [7, 11) is 0. The molecule has 7 nitrogen and oxygen atoms in total. The zero-order chi connectivity index (χ0) is 22.4. The fourth-order valence-corrected chi connectivity index (χ4v) is 4.17. The Hall–Kier alpha value is -2.57. The Morgan fingerprint density at radius 3 is 2.45 bits per heavy atom. The Morgan fingerprint density at radius 1 is 1.13 bits per heavy atom. The maximum absolute atomic E-state index is 12.3. The number of hydrogen-bond acceptors (Lipinski definition) is 5. The minimum atomic E-state index is -0.473. The summed E-state index contributed by atoms with van der Waals surface area (Å²) in [6.07, 6.45) is 4.47. The minimum absolute atomic E-state index is 0.0194. The van der Waals surface area contributed by atoms with Crippen LogP contribution in [0.2, 0.25) is 0 Å². The lowest BCUT2D eigenvalue weighted by molar-refractivity contribution is -0.152. The van der Waals surface area contributed by atoms with Crippen LogP contribution in [0.3, 0.4) is 0 Å². The first-order chi connectivity index (χ1) is 14.7. The number of carbonyl (C=O) groups excluding carboxylic acids is 3. The lowest BCUT2D eigenvalue weighted by Crippen LogP contribution is -2.36. The van der Waals surface area contributed by atoms with Gasteiger partial charge in [-0.2, -0.15) is 0 Å². The smallest absolute Gasteiger partial charge is 0.311 e. The summed E-state index contributed by atoms with van der Waals surface area (Å²) in [5, 5.41) is 2.68. The molecule has 170 valence electrons. The summed E-state index contributed by atoms with van der Waals surface area (Å²) in [5.41, 5.74) is 1.31. The Bertz CT molecular complexity index is 778. The van der Waals surface area contributed by atoms with E-state index in [2.05, 4.69) is 26.1 Å². The van der Waals surface area contributed by atoms with Gasteiger partial charge in [0.25, 0.3) is 5.91 Å². The zero-order valence-corrected chi connectivity index (χ0v) is 18.8. The van der Waals surface area contributed by atoms with Crippen LogP contribution in [0, 0.1) is 5.92 Å². The molecule has 1 aliphatic heterocycles. The van der Waals surface area contributed by atoms with E-state index in [9.17, 15) is 14.4 Å². The monoisotopic (exact) mass is 430 g/mol. The Labute approximate surface area is 184 Å². The Kier molecular flexibility index (Phi) is 7.57. The van der Waals surface area contributed by atoms with Gasteiger partial charge in [0.05, 0.1) is 12.5 Å². The largest absolute Gasteiger partial charge is 0.492 e. The van der Waals surface area contributed by atoms with Gasteiger partial charge in [-0.25, -0.2) is 0 Å². The number of hydrogen-bond donors (Lipinski definition) is 1. The van der Waals surface area contributed by atoms with Crippen LogP contribution < -0.4 is 10.1 Å². The molecule has 1 aromatic carbocycles. The Balaban J connectivity index is 1.31. The second kappa shape index (κ2) is 10.2. The molecule has 1 saturated carbocycles. The topological polar surface area (TPSA) is 84.9 Å². The van der Waals surface area contributed by atoms with Gasteiger partial charge in [0.15, 0.2) is 6.61 Å². The van der Waals surface area contributed by atoms with Gasteiger partial charge in [0.2, 0.25) is 5.91 Å². The van der Waals surface area contributed by atoms with Crippen LogP contribution in [0.5, 0.6) is 5.75 Å². The predicted molar refractivity (Wildman–Crippen MR) is 117 cm³/mol. The van der Waals surface area contributed by atoms with Crippen molar-refractivity contribution < 1.29 is 23.9 Å². The predicted octanol–water partition coefficient (Wildman–Crippen LogP) is 2.81. The highest BCUT2D eigenvalue weighted by Crippen LogP contribution is 2.30. The number of carbonyl (C=O) groups is 3. The van der Waals surface area contributed by atoms with Gasteiger partial charge in [-0.15, -0.1) is 0 Å². The SMILES string of the molecule is CC(C)(C)c1ccc(OCCNC(=O)COC(=O)[C@H]2CC(=O)N(C3CCCC3)C2)cc1. The van der Waals surface area contributed by atoms with E-state index in [-0.39, 0.29) is 36.3 Å². The number of ether oxygens (including phenoxy) is 2. The molecule has 1 aliphatic carbocycles. The Morgan fingerprint density at radius 2 is 1.81 bits per heavy atom. The number of amides is 2. The van der Waals surface area contributed by atoms with Gasteiger partial charge in [-0.1, -0.05) is 45.7 Å². The molecule has 1 saturated heterocycles. The molecule has 1 atom stereocenters. The van der Waals surface area contributed by atoms with Crippen LogP contribution in [0.15, 0.2) is 24.3 Å². The molecule has 1 N–H and O–H groups in total. The highest BCUT2D eigenvalue weighted by molar-refractivity contribution is 5.88. The fraction of sp³-hybridized carbons (Fsp3) is 0.625. The van der Waals surface area contributed by atoms with Crippen LogP contribution in [0.25, 0.3) is 0 Å². The lowest BCUT2D eigenvalue weighted by atomic mass is 9.87. The van der Waals surface area contributed by atoms with Crippen molar-refractivity contribution >= 4 is 17.8 Å². The van der Waals surface area contributed by atoms with Gasteiger partial charge in [0, 0.05) is 19.0 Å². The van der Waals surface area contributed by atoms with Gasteiger partial charge in [-0.3, -0.25) is 14.4 Å². The summed E-state index contributed by atoms with van der Waals surface area (Å²) >= 11 is 0. The molecule has 0 bridgehead atoms. The molecule has 31 heavy (non-hydrogen) atoms. The third-order valence-corrected chi connectivity index (χ3v) is 6.02. The quantitative estimate of drug-likeness (QED) is 0.506. The van der Waals surface area contributed by atoms with Gasteiger partial charge in [0.1, 0.15) is 12.4 Å². The maximum Gasteiger partial charge on any atom is 0.311 e. The van der Waals surface area contributed by atoms with Crippen molar-refractivity contribution in [1.82, 2.24) is 10.2 Å². The average molecular weight is 431 g/mol. The van der Waals surface area contributed by atoms with Crippen molar-refractivity contribution in [2.24, 2.45) is 5.92 Å². The zero-order valence-electron chi connectivity index (χ0n) is 18.8. The van der Waals surface area contributed by atoms with Crippen molar-refractivity contribution in [1.29, 1.82) is 0 Å². The molecule has 1 aromatic rings. The van der Waals surface area contributed by atoms with Crippen LogP contribution in [0.4, 0.5) is 0 Å². The summed E-state index contributed by atoms with van der Waals surface area (Å²) in [4.78, 5) is 38.2. The number of benzene rings is 1. The van der Waals surface area contributed by atoms with Crippen molar-refractivity contribution in [3.05, 3.63) is 29.8 Å². The molecule has 2 aliphatic rings. The van der Waals surface area contributed by atoms with E-state index in [1.54, 1.807) is 0 Å². The van der Waals surface area contributed by atoms with Gasteiger partial charge in [-0.05, 0) is 36.0 Å². The van der Waals surface area contributed by atoms with Crippen LogP contribution in [-0.2, 0) is 24.5 Å². The summed E-state index contributed by atoms with van der Waals surface area (Å²) in [6.45, 7) is 7.17. The van der Waals surface area contributed by atoms with Crippen LogP contribution in [0.1, 0.15) is 58.4 Å². The molecule has 0 aromatic heterocycles. The van der Waals surface area contributed by atoms with E-state index < -0.39 is 11.9 Å². The van der Waals surface area contributed by atoms with Gasteiger partial charge < -0.3 is 19.7 Å². The lowest BCUT2D eigenvalue weighted by Gasteiger charge is -2.23. The molecule has 0 radical (unpaired) electrons. The number of esters is 1. The average Bonchev–Trinajstić information content (AvgIpc) is 3.38. The third kappa shape index (κ3) is 6.45. The second-order valence-corrected chi connectivity index (χ2v) is 9.47. The first-order valence-corrected chi connectivity index (χ1v) is 11.2. The molecular formula is C24H34N2O5. The fourth-order valence-electron chi connectivity index (χ4n) is 4.17. The van der Waals surface area contributed by atoms with E-state index in [1.165, 1.54) is 5.56 Å². The molecule has 0 unspecified atom stereocenters. The number of rotatable bonds is 8. The highest BCUT2D eigenvalue weighted by atomic mass is 16.5. The van der Waals surface area contributed by atoms with Crippen LogP contribution >= 0.6 is 0 Å². The molecule has 7 heteroatoms. The van der Waals surface area contributed by atoms with Crippen molar-refractivity contribution in [2.45, 2.75) is 64.3 Å². The number of nitrogens with zero attached hydrogens (tertiary/aromatic N) is 1. The standard InChI is InChI=1S/C24H34N2O5/c1-24(2,3)18-8-10-20(11-9-18)30-13-12-25-21(27)16-31-23(29)17-14-22(28)26(15-17)19-6-4-5-7-19/h8-11,17,19H,4-7,12-16H2,1-3H3,(H,25,27)/t17-/m0/s1. The third-order valence-electron chi connectivity index (χ3n) is 6.02. The molecule has 2 amide bonds. The normalized spacial score (nSPS) is 19.5. The molecule has 2 fully saturated rings. The van der Waals surface area contributed by atoms with Gasteiger partial charge >= 0.3 is 5.97 Å². The second-order valence-electron chi connectivity index (χ2n) is 9.47. The summed E-state index contributed by atoms with van der Waals surface area (Å²) in [6, 6.07) is 8.17. The highest BCUT2D eigenvalue weighted by Gasteiger charge is 2.39. The van der Waals surface area contributed by atoms with E-state index in [0.717, 1.165) is 31.4 Å². The molecule has 1 heterocycles. The molecule has 3 rings (SSSR count). The minimum Gasteiger partial charge on any atom is -0.492 e. The van der Waals surface area contributed by atoms with Crippen molar-refractivity contribution in [2.75, 3.05) is 26.3 Å². The van der Waals surface area contributed by atoms with Crippen molar-refractivity contribution in [3.63, 3.8) is 0 Å². The van der Waals surface area contributed by atoms with E-state index in [0.29, 0.717) is 19.7 Å². The van der Waals surface area contributed by atoms with Crippen molar-refractivity contribution in [3.8, 4) is 5.75 Å². The summed E-state index contributed by atoms with van der Waals surface area (Å²) in [5.74, 6) is -0.561. The molecule has 0 spiro atoms. The van der Waals surface area contributed by atoms with E-state index in [1.807, 2.05) is 29.2 Å². The van der Waals surface area contributed by atoms with E-state index >= 15 is 0 Å². The molecular weight excluding hydrogens is 396 g/mol. The maximum atomic E-state index is 12.3. The number of nitrogens with one attached hydrogen (secondary N) is 1. The number of likely N-dealkylation sites (tertiary alicyclic amines) is 1. The van der Waals surface area contributed by atoms with Crippen LogP contribution in [-0.4, -0.2) is 55.0 Å². The first kappa shape index (κ1) is 23.1. The van der Waals surface area contributed by atoms with E-state index in [4.69, 9.17) is 9.47 Å². The first-order valence-electron chi connectivity index (χ1n) is 11.2. The summed E-state index contributed by atoms with van der Waals surface area (Å²) < 4.78 is 10.8.